The summed E-state index contributed by atoms with van der Waals surface area (Å²) in [6, 6.07) is 9.21. The van der Waals surface area contributed by atoms with Gasteiger partial charge >= 0.3 is 5.97 Å². The summed E-state index contributed by atoms with van der Waals surface area (Å²) in [4.78, 5) is 15.2. The molecule has 1 aliphatic rings. The van der Waals surface area contributed by atoms with Crippen molar-refractivity contribution in [2.45, 2.75) is 64.6 Å². The molecule has 2 unspecified atom stereocenters. The van der Waals surface area contributed by atoms with E-state index in [4.69, 9.17) is 4.74 Å². The van der Waals surface area contributed by atoms with Crippen molar-refractivity contribution in [2.24, 2.45) is 5.92 Å². The summed E-state index contributed by atoms with van der Waals surface area (Å²) < 4.78 is 5.59. The quantitative estimate of drug-likeness (QED) is 0.586. The fourth-order valence-electron chi connectivity index (χ4n) is 3.76. The van der Waals surface area contributed by atoms with Crippen LogP contribution in [0.2, 0.25) is 0 Å². The van der Waals surface area contributed by atoms with E-state index >= 15 is 0 Å². The number of aliphatic hydroxyl groups is 1. The third kappa shape index (κ3) is 5.57. The molecule has 0 saturated heterocycles. The lowest BCUT2D eigenvalue weighted by Crippen LogP contribution is -2.46. The molecule has 2 atom stereocenters. The summed E-state index contributed by atoms with van der Waals surface area (Å²) in [6.07, 6.45) is 4.35. The van der Waals surface area contributed by atoms with Crippen molar-refractivity contribution in [3.63, 3.8) is 0 Å². The van der Waals surface area contributed by atoms with E-state index in [0.29, 0.717) is 12.1 Å². The van der Waals surface area contributed by atoms with Crippen molar-refractivity contribution in [3.8, 4) is 11.8 Å². The van der Waals surface area contributed by atoms with E-state index in [9.17, 15) is 9.90 Å². The van der Waals surface area contributed by atoms with Gasteiger partial charge in [-0.15, -0.1) is 0 Å². The van der Waals surface area contributed by atoms with Crippen molar-refractivity contribution < 1.29 is 14.6 Å². The van der Waals surface area contributed by atoms with Gasteiger partial charge in [0.25, 0.3) is 0 Å². The Hall–Kier alpha value is -1.83. The fraction of sp³-hybridized carbons (Fsp3) is 0.609. The molecule has 1 N–H and O–H groups in total. The zero-order valence-corrected chi connectivity index (χ0v) is 16.9. The fourth-order valence-corrected chi connectivity index (χ4v) is 3.76. The van der Waals surface area contributed by atoms with Gasteiger partial charge in [-0.25, -0.2) is 4.79 Å². The van der Waals surface area contributed by atoms with Crippen molar-refractivity contribution >= 4 is 5.97 Å². The lowest BCUT2D eigenvalue weighted by Gasteiger charge is -2.37. The second-order valence-electron chi connectivity index (χ2n) is 7.30. The van der Waals surface area contributed by atoms with Gasteiger partial charge in [-0.05, 0) is 38.4 Å². The Bertz CT molecular complexity index is 639. The number of ether oxygens (including phenoxy) is 1. The van der Waals surface area contributed by atoms with Crippen LogP contribution >= 0.6 is 0 Å². The number of hydrogen-bond acceptors (Lipinski definition) is 4. The van der Waals surface area contributed by atoms with Crippen LogP contribution in [0.4, 0.5) is 0 Å². The summed E-state index contributed by atoms with van der Waals surface area (Å²) >= 11 is 0. The molecule has 2 rings (SSSR count). The molecule has 1 saturated carbocycles. The van der Waals surface area contributed by atoms with Crippen LogP contribution in [0.3, 0.4) is 0 Å². The minimum Gasteiger partial charge on any atom is -0.447 e. The number of carbonyl (C=O) groups excluding carboxylic acids is 1. The highest BCUT2D eigenvalue weighted by atomic mass is 16.6. The lowest BCUT2D eigenvalue weighted by molar-refractivity contribution is -0.178. The first-order chi connectivity index (χ1) is 13.0. The van der Waals surface area contributed by atoms with Crippen LogP contribution in [0, 0.1) is 17.8 Å². The van der Waals surface area contributed by atoms with Crippen molar-refractivity contribution in [1.29, 1.82) is 0 Å². The van der Waals surface area contributed by atoms with E-state index in [1.165, 1.54) is 0 Å². The number of benzene rings is 1. The molecule has 0 spiro atoms. The van der Waals surface area contributed by atoms with E-state index in [1.807, 2.05) is 30.3 Å². The Morgan fingerprint density at radius 3 is 2.44 bits per heavy atom. The van der Waals surface area contributed by atoms with Gasteiger partial charge in [-0.1, -0.05) is 75.3 Å². The molecule has 27 heavy (non-hydrogen) atoms. The highest BCUT2D eigenvalue weighted by Crippen LogP contribution is 2.40. The Labute approximate surface area is 163 Å². The summed E-state index contributed by atoms with van der Waals surface area (Å²) in [5, 5.41) is 11.5. The minimum atomic E-state index is -1.60. The first kappa shape index (κ1) is 21.5. The molecule has 0 aliphatic heterocycles. The normalized spacial score (nSPS) is 18.3. The number of esters is 1. The van der Waals surface area contributed by atoms with Crippen molar-refractivity contribution in [2.75, 3.05) is 19.6 Å². The third-order valence-electron chi connectivity index (χ3n) is 5.51. The average Bonchev–Trinajstić information content (AvgIpc) is 2.71. The smallest absolute Gasteiger partial charge is 0.344 e. The molecular formula is C23H33NO3. The lowest BCUT2D eigenvalue weighted by atomic mass is 9.73. The van der Waals surface area contributed by atoms with Gasteiger partial charge in [-0.2, -0.15) is 0 Å². The predicted molar refractivity (Wildman–Crippen MR) is 108 cm³/mol. The van der Waals surface area contributed by atoms with Crippen LogP contribution in [0.1, 0.15) is 58.4 Å². The highest BCUT2D eigenvalue weighted by Gasteiger charge is 2.47. The Balaban J connectivity index is 2.13. The van der Waals surface area contributed by atoms with Gasteiger partial charge in [0.1, 0.15) is 0 Å². The summed E-state index contributed by atoms with van der Waals surface area (Å²) in [7, 11) is 0. The maximum atomic E-state index is 13.0. The molecular weight excluding hydrogens is 338 g/mol. The summed E-state index contributed by atoms with van der Waals surface area (Å²) in [5.41, 5.74) is -0.985. The van der Waals surface area contributed by atoms with E-state index in [2.05, 4.69) is 30.6 Å². The van der Waals surface area contributed by atoms with Gasteiger partial charge in [-0.3, -0.25) is 4.90 Å². The summed E-state index contributed by atoms with van der Waals surface area (Å²) in [6.45, 7) is 8.49. The predicted octanol–water partition coefficient (Wildman–Crippen LogP) is 3.73. The average molecular weight is 372 g/mol. The topological polar surface area (TPSA) is 49.8 Å². The monoisotopic (exact) mass is 371 g/mol. The van der Waals surface area contributed by atoms with E-state index in [-0.39, 0.29) is 5.92 Å². The molecule has 148 valence electrons. The first-order valence-electron chi connectivity index (χ1n) is 10.2. The minimum absolute atomic E-state index is 0.114. The van der Waals surface area contributed by atoms with Gasteiger partial charge in [0.2, 0.25) is 0 Å². The number of carbonyl (C=O) groups is 1. The molecule has 0 amide bonds. The molecule has 1 aromatic rings. The van der Waals surface area contributed by atoms with Crippen molar-refractivity contribution in [1.82, 2.24) is 4.90 Å². The molecule has 0 heterocycles. The SMILES string of the molecule is CCN(CC)CC#CC(C)OC(=O)C(O)(c1ccccc1)C1CCCCC1. The maximum Gasteiger partial charge on any atom is 0.344 e. The molecule has 4 heteroatoms. The van der Waals surface area contributed by atoms with E-state index in [0.717, 1.165) is 45.2 Å². The standard InChI is InChI=1S/C23H33NO3/c1-4-24(5-2)18-12-13-19(3)27-22(25)23(26,20-14-8-6-9-15-20)21-16-10-7-11-17-21/h6,8-9,14-15,19,21,26H,4-5,7,10-11,16-18H2,1-3H3. The maximum absolute atomic E-state index is 13.0. The number of rotatable bonds is 7. The second-order valence-corrected chi connectivity index (χ2v) is 7.30. The molecule has 0 bridgehead atoms. The van der Waals surface area contributed by atoms with Gasteiger partial charge in [0.05, 0.1) is 6.54 Å². The van der Waals surface area contributed by atoms with Crippen LogP contribution in [0.15, 0.2) is 30.3 Å². The van der Waals surface area contributed by atoms with Crippen molar-refractivity contribution in [3.05, 3.63) is 35.9 Å². The van der Waals surface area contributed by atoms with Crippen LogP contribution in [-0.4, -0.2) is 41.7 Å². The summed E-state index contributed by atoms with van der Waals surface area (Å²) in [5.74, 6) is 5.38. The first-order valence-corrected chi connectivity index (χ1v) is 10.2. The molecule has 4 nitrogen and oxygen atoms in total. The van der Waals surface area contributed by atoms with Gasteiger partial charge < -0.3 is 9.84 Å². The molecule has 0 radical (unpaired) electrons. The molecule has 1 aliphatic carbocycles. The Kier molecular flexibility index (Phi) is 8.34. The van der Waals surface area contributed by atoms with Crippen LogP contribution < -0.4 is 0 Å². The number of hydrogen-bond donors (Lipinski definition) is 1. The molecule has 1 aromatic carbocycles. The Morgan fingerprint density at radius 2 is 1.85 bits per heavy atom. The van der Waals surface area contributed by atoms with Crippen LogP contribution in [0.25, 0.3) is 0 Å². The zero-order chi connectivity index (χ0) is 19.7. The highest BCUT2D eigenvalue weighted by molar-refractivity contribution is 5.82. The van der Waals surface area contributed by atoms with E-state index in [1.54, 1.807) is 6.92 Å². The van der Waals surface area contributed by atoms with Crippen LogP contribution in [0.5, 0.6) is 0 Å². The van der Waals surface area contributed by atoms with Crippen LogP contribution in [-0.2, 0) is 15.1 Å². The second kappa shape index (κ2) is 10.5. The van der Waals surface area contributed by atoms with Gasteiger partial charge in [0, 0.05) is 5.92 Å². The largest absolute Gasteiger partial charge is 0.447 e. The Morgan fingerprint density at radius 1 is 1.22 bits per heavy atom. The third-order valence-corrected chi connectivity index (χ3v) is 5.51. The van der Waals surface area contributed by atoms with Gasteiger partial charge in [0.15, 0.2) is 11.7 Å². The molecule has 1 fully saturated rings. The molecule has 0 aromatic heterocycles. The van der Waals surface area contributed by atoms with E-state index < -0.39 is 17.7 Å². The number of nitrogens with zero attached hydrogens (tertiary/aromatic N) is 1. The zero-order valence-electron chi connectivity index (χ0n) is 16.9.